The molecular weight excluding hydrogens is 348 g/mol. The third kappa shape index (κ3) is 6.56. The Labute approximate surface area is 159 Å². The van der Waals surface area contributed by atoms with Crippen molar-refractivity contribution < 1.29 is 19.1 Å². The second kappa shape index (κ2) is 9.91. The van der Waals surface area contributed by atoms with E-state index in [1.807, 2.05) is 13.8 Å². The molecule has 1 atom stereocenters. The van der Waals surface area contributed by atoms with E-state index >= 15 is 0 Å². The highest BCUT2D eigenvalue weighted by Gasteiger charge is 2.32. The maximum Gasteiger partial charge on any atom is 0.321 e. The van der Waals surface area contributed by atoms with Gasteiger partial charge < -0.3 is 15.4 Å². The van der Waals surface area contributed by atoms with Crippen LogP contribution in [0.5, 0.6) is 5.75 Å². The quantitative estimate of drug-likeness (QED) is 0.671. The Morgan fingerprint density at radius 2 is 1.93 bits per heavy atom. The Balaban J connectivity index is 1.85. The molecule has 1 aromatic rings. The van der Waals surface area contributed by atoms with Crippen molar-refractivity contribution in [2.45, 2.75) is 32.7 Å². The second-order valence-electron chi connectivity index (χ2n) is 7.00. The first-order valence-corrected chi connectivity index (χ1v) is 9.15. The Hall–Kier alpha value is -2.61. The van der Waals surface area contributed by atoms with Gasteiger partial charge in [0.2, 0.25) is 11.8 Å². The van der Waals surface area contributed by atoms with Crippen LogP contribution in [-0.2, 0) is 9.59 Å². The van der Waals surface area contributed by atoms with Gasteiger partial charge in [-0.1, -0.05) is 13.8 Å². The third-order valence-electron chi connectivity index (χ3n) is 4.29. The van der Waals surface area contributed by atoms with E-state index in [1.165, 1.54) is 0 Å². The van der Waals surface area contributed by atoms with Crippen molar-refractivity contribution in [2.75, 3.05) is 32.1 Å². The van der Waals surface area contributed by atoms with E-state index in [9.17, 15) is 14.4 Å². The molecule has 1 saturated heterocycles. The van der Waals surface area contributed by atoms with Crippen LogP contribution >= 0.6 is 0 Å². The highest BCUT2D eigenvalue weighted by molar-refractivity contribution is 5.97. The van der Waals surface area contributed by atoms with Crippen LogP contribution in [0.3, 0.4) is 0 Å². The van der Waals surface area contributed by atoms with Crippen LogP contribution in [-0.4, -0.2) is 55.5 Å². The lowest BCUT2D eigenvalue weighted by Gasteiger charge is -2.23. The van der Waals surface area contributed by atoms with Crippen LogP contribution in [0, 0.1) is 5.92 Å². The first-order chi connectivity index (χ1) is 12.9. The Morgan fingerprint density at radius 1 is 1.22 bits per heavy atom. The van der Waals surface area contributed by atoms with Gasteiger partial charge in [-0.15, -0.1) is 0 Å². The van der Waals surface area contributed by atoms with Crippen molar-refractivity contribution in [3.8, 4) is 5.75 Å². The number of anilines is 1. The van der Waals surface area contributed by atoms with Gasteiger partial charge in [-0.25, -0.2) is 4.79 Å². The molecule has 1 aliphatic heterocycles. The number of hydrogen-bond donors (Lipinski definition) is 3. The standard InChI is InChI=1S/C19H28N4O4/c1-13(2)11-20-19(26)22-17(24)12-23-10-4-5-16(23)18(25)21-14-6-8-15(27-3)9-7-14/h6-9,13,16H,4-5,10-12H2,1-3H3,(H,21,25)(H2,20,22,24,26)/t16-/m1/s1. The highest BCUT2D eigenvalue weighted by Crippen LogP contribution is 2.20. The van der Waals surface area contributed by atoms with Crippen molar-refractivity contribution in [3.63, 3.8) is 0 Å². The molecule has 8 nitrogen and oxygen atoms in total. The number of carbonyl (C=O) groups is 3. The topological polar surface area (TPSA) is 99.8 Å². The zero-order chi connectivity index (χ0) is 19.8. The molecular formula is C19H28N4O4. The maximum atomic E-state index is 12.6. The van der Waals surface area contributed by atoms with Crippen LogP contribution in [0.15, 0.2) is 24.3 Å². The minimum atomic E-state index is -0.507. The fourth-order valence-corrected chi connectivity index (χ4v) is 2.90. The van der Waals surface area contributed by atoms with E-state index in [2.05, 4.69) is 16.0 Å². The molecule has 0 spiro atoms. The minimum Gasteiger partial charge on any atom is -0.497 e. The van der Waals surface area contributed by atoms with E-state index in [-0.39, 0.29) is 12.5 Å². The molecule has 4 amide bonds. The van der Waals surface area contributed by atoms with Crippen LogP contribution in [0.2, 0.25) is 0 Å². The number of urea groups is 1. The number of methoxy groups -OCH3 is 1. The SMILES string of the molecule is COc1ccc(NC(=O)[C@H]2CCCN2CC(=O)NC(=O)NCC(C)C)cc1. The van der Waals surface area contributed by atoms with Crippen molar-refractivity contribution in [1.82, 2.24) is 15.5 Å². The van der Waals surface area contributed by atoms with Gasteiger partial charge in [-0.05, 0) is 49.6 Å². The number of amides is 4. The number of imide groups is 1. The minimum absolute atomic E-state index is 0.00972. The first-order valence-electron chi connectivity index (χ1n) is 9.15. The van der Waals surface area contributed by atoms with Crippen LogP contribution in [0.25, 0.3) is 0 Å². The van der Waals surface area contributed by atoms with Gasteiger partial charge in [0.05, 0.1) is 19.7 Å². The van der Waals surface area contributed by atoms with Gasteiger partial charge in [-0.2, -0.15) is 0 Å². The molecule has 1 aromatic carbocycles. The number of carbonyl (C=O) groups excluding carboxylic acids is 3. The summed E-state index contributed by atoms with van der Waals surface area (Å²) in [7, 11) is 1.58. The predicted molar refractivity (Wildman–Crippen MR) is 103 cm³/mol. The van der Waals surface area contributed by atoms with Gasteiger partial charge in [0.25, 0.3) is 0 Å². The Bertz CT molecular complexity index is 660. The summed E-state index contributed by atoms with van der Waals surface area (Å²) in [4.78, 5) is 38.1. The summed E-state index contributed by atoms with van der Waals surface area (Å²) in [5.74, 6) is 0.438. The molecule has 2 rings (SSSR count). The summed E-state index contributed by atoms with van der Waals surface area (Å²) in [6, 6.07) is 6.17. The summed E-state index contributed by atoms with van der Waals surface area (Å²) in [5.41, 5.74) is 0.671. The molecule has 1 aliphatic rings. The van der Waals surface area contributed by atoms with Crippen LogP contribution in [0.4, 0.5) is 10.5 Å². The molecule has 1 heterocycles. The largest absolute Gasteiger partial charge is 0.497 e. The number of likely N-dealkylation sites (tertiary alicyclic amines) is 1. The van der Waals surface area contributed by atoms with Crippen LogP contribution in [0.1, 0.15) is 26.7 Å². The van der Waals surface area contributed by atoms with Crippen molar-refractivity contribution in [2.24, 2.45) is 5.92 Å². The number of nitrogens with zero attached hydrogens (tertiary/aromatic N) is 1. The van der Waals surface area contributed by atoms with Gasteiger partial charge in [0, 0.05) is 12.2 Å². The number of nitrogens with one attached hydrogen (secondary N) is 3. The fourth-order valence-electron chi connectivity index (χ4n) is 2.90. The molecule has 148 valence electrons. The normalized spacial score (nSPS) is 16.8. The van der Waals surface area contributed by atoms with Gasteiger partial charge >= 0.3 is 6.03 Å². The summed E-state index contributed by atoms with van der Waals surface area (Å²) in [6.07, 6.45) is 1.50. The fraction of sp³-hybridized carbons (Fsp3) is 0.526. The smallest absolute Gasteiger partial charge is 0.321 e. The highest BCUT2D eigenvalue weighted by atomic mass is 16.5. The molecule has 0 unspecified atom stereocenters. The Kier molecular flexibility index (Phi) is 7.60. The summed E-state index contributed by atoms with van der Waals surface area (Å²) in [6.45, 7) is 5.09. The molecule has 27 heavy (non-hydrogen) atoms. The molecule has 0 saturated carbocycles. The summed E-state index contributed by atoms with van der Waals surface area (Å²) >= 11 is 0. The Morgan fingerprint density at radius 3 is 2.56 bits per heavy atom. The third-order valence-corrected chi connectivity index (χ3v) is 4.29. The van der Waals surface area contributed by atoms with Gasteiger partial charge in [0.15, 0.2) is 0 Å². The average Bonchev–Trinajstić information content (AvgIpc) is 3.08. The van der Waals surface area contributed by atoms with Crippen molar-refractivity contribution >= 4 is 23.5 Å². The van der Waals surface area contributed by atoms with E-state index < -0.39 is 18.0 Å². The lowest BCUT2D eigenvalue weighted by molar-refractivity contribution is -0.124. The van der Waals surface area contributed by atoms with Gasteiger partial charge in [-0.3, -0.25) is 19.8 Å². The number of rotatable bonds is 7. The summed E-state index contributed by atoms with van der Waals surface area (Å²) in [5, 5.41) is 7.81. The summed E-state index contributed by atoms with van der Waals surface area (Å²) < 4.78 is 5.10. The maximum absolute atomic E-state index is 12.6. The van der Waals surface area contributed by atoms with Crippen molar-refractivity contribution in [1.29, 1.82) is 0 Å². The van der Waals surface area contributed by atoms with Crippen molar-refractivity contribution in [3.05, 3.63) is 24.3 Å². The zero-order valence-corrected chi connectivity index (χ0v) is 16.1. The molecule has 0 aromatic heterocycles. The lowest BCUT2D eigenvalue weighted by Crippen LogP contribution is -2.48. The monoisotopic (exact) mass is 376 g/mol. The van der Waals surface area contributed by atoms with E-state index in [4.69, 9.17) is 4.74 Å². The molecule has 0 aliphatic carbocycles. The van der Waals surface area contributed by atoms with E-state index in [1.54, 1.807) is 36.3 Å². The van der Waals surface area contributed by atoms with E-state index in [0.717, 1.165) is 6.42 Å². The molecule has 3 N–H and O–H groups in total. The predicted octanol–water partition coefficient (Wildman–Crippen LogP) is 1.58. The number of benzene rings is 1. The number of ether oxygens (including phenoxy) is 1. The zero-order valence-electron chi connectivity index (χ0n) is 16.1. The molecule has 0 radical (unpaired) electrons. The molecule has 1 fully saturated rings. The first kappa shape index (κ1) is 20.7. The molecule has 8 heteroatoms. The van der Waals surface area contributed by atoms with Gasteiger partial charge in [0.1, 0.15) is 5.75 Å². The average molecular weight is 376 g/mol. The van der Waals surface area contributed by atoms with Crippen LogP contribution < -0.4 is 20.7 Å². The second-order valence-corrected chi connectivity index (χ2v) is 7.00. The lowest BCUT2D eigenvalue weighted by atomic mass is 10.2. The van der Waals surface area contributed by atoms with E-state index in [0.29, 0.717) is 36.9 Å². The molecule has 0 bridgehead atoms. The number of hydrogen-bond acceptors (Lipinski definition) is 5.